The molecule has 0 unspecified atom stereocenters. The molecule has 148 valence electrons. The Morgan fingerprint density at radius 1 is 1.30 bits per heavy atom. The van der Waals surface area contributed by atoms with Crippen LogP contribution in [0.3, 0.4) is 0 Å². The van der Waals surface area contributed by atoms with Crippen LogP contribution >= 0.6 is 11.3 Å². The number of aryl methyl sites for hydroxylation is 1. The maximum Gasteiger partial charge on any atom is 0.348 e. The molecule has 2 rings (SSSR count). The molecule has 0 fully saturated rings. The van der Waals surface area contributed by atoms with Crippen LogP contribution in [0, 0.1) is 12.8 Å². The van der Waals surface area contributed by atoms with Crippen LogP contribution in [0.5, 0.6) is 0 Å². The molecule has 0 aromatic carbocycles. The monoisotopic (exact) mass is 394 g/mol. The van der Waals surface area contributed by atoms with Gasteiger partial charge < -0.3 is 20.1 Å². The Labute approximate surface area is 162 Å². The summed E-state index contributed by atoms with van der Waals surface area (Å²) in [7, 11) is 3.80. The SMILES string of the molecule is CCOC(=O)c1sc2nc(CN(C)C)nc(N[C@H](C(=O)O)C(C)C)c2c1C. The fourth-order valence-electron chi connectivity index (χ4n) is 2.69. The molecule has 0 aliphatic carbocycles. The van der Waals surface area contributed by atoms with Crippen molar-refractivity contribution in [2.24, 2.45) is 5.92 Å². The van der Waals surface area contributed by atoms with E-state index in [4.69, 9.17) is 4.74 Å². The van der Waals surface area contributed by atoms with Gasteiger partial charge in [-0.25, -0.2) is 19.6 Å². The molecular weight excluding hydrogens is 368 g/mol. The van der Waals surface area contributed by atoms with Gasteiger partial charge in [-0.05, 0) is 39.4 Å². The molecule has 0 bridgehead atoms. The van der Waals surface area contributed by atoms with Crippen LogP contribution in [0.1, 0.15) is 41.8 Å². The van der Waals surface area contributed by atoms with Crippen molar-refractivity contribution < 1.29 is 19.4 Å². The maximum absolute atomic E-state index is 12.3. The number of carboxylic acids is 1. The van der Waals surface area contributed by atoms with Crippen LogP contribution in [0.15, 0.2) is 0 Å². The predicted octanol–water partition coefficient (Wildman–Crippen LogP) is 2.76. The first-order valence-corrected chi connectivity index (χ1v) is 9.58. The highest BCUT2D eigenvalue weighted by molar-refractivity contribution is 7.20. The second-order valence-corrected chi connectivity index (χ2v) is 7.89. The third-order valence-corrected chi connectivity index (χ3v) is 5.15. The molecule has 2 heterocycles. The molecule has 0 saturated carbocycles. The smallest absolute Gasteiger partial charge is 0.348 e. The molecular formula is C18H26N4O4S. The van der Waals surface area contributed by atoms with Crippen LogP contribution in [0.25, 0.3) is 10.2 Å². The molecule has 1 atom stereocenters. The van der Waals surface area contributed by atoms with Gasteiger partial charge in [-0.15, -0.1) is 11.3 Å². The average molecular weight is 394 g/mol. The molecule has 0 aliphatic heterocycles. The van der Waals surface area contributed by atoms with Gasteiger partial charge in [0.1, 0.15) is 27.4 Å². The van der Waals surface area contributed by atoms with Gasteiger partial charge >= 0.3 is 11.9 Å². The zero-order valence-corrected chi connectivity index (χ0v) is 17.3. The van der Waals surface area contributed by atoms with E-state index in [1.54, 1.807) is 13.8 Å². The number of aromatic nitrogens is 2. The van der Waals surface area contributed by atoms with Gasteiger partial charge in [-0.2, -0.15) is 0 Å². The number of rotatable bonds is 8. The minimum atomic E-state index is -0.954. The van der Waals surface area contributed by atoms with E-state index in [-0.39, 0.29) is 12.5 Å². The van der Waals surface area contributed by atoms with E-state index < -0.39 is 18.0 Å². The molecule has 8 nitrogen and oxygen atoms in total. The highest BCUT2D eigenvalue weighted by atomic mass is 32.1. The Balaban J connectivity index is 2.63. The van der Waals surface area contributed by atoms with Crippen molar-refractivity contribution in [1.29, 1.82) is 0 Å². The molecule has 0 radical (unpaired) electrons. The van der Waals surface area contributed by atoms with E-state index in [0.29, 0.717) is 38.8 Å². The second kappa shape index (κ2) is 8.62. The van der Waals surface area contributed by atoms with Crippen LogP contribution in [-0.2, 0) is 16.1 Å². The largest absolute Gasteiger partial charge is 0.480 e. The van der Waals surface area contributed by atoms with Gasteiger partial charge in [-0.1, -0.05) is 13.8 Å². The number of hydrogen-bond donors (Lipinski definition) is 2. The summed E-state index contributed by atoms with van der Waals surface area (Å²) in [6.45, 7) is 7.99. The first-order valence-electron chi connectivity index (χ1n) is 8.76. The van der Waals surface area contributed by atoms with Crippen LogP contribution < -0.4 is 5.32 Å². The lowest BCUT2D eigenvalue weighted by Gasteiger charge is -2.20. The number of fused-ring (bicyclic) bond motifs is 1. The normalized spacial score (nSPS) is 12.6. The lowest BCUT2D eigenvalue weighted by atomic mass is 10.0. The first kappa shape index (κ1) is 21.0. The van der Waals surface area contributed by atoms with E-state index in [1.165, 1.54) is 11.3 Å². The topological polar surface area (TPSA) is 105 Å². The van der Waals surface area contributed by atoms with E-state index in [0.717, 1.165) is 0 Å². The summed E-state index contributed by atoms with van der Waals surface area (Å²) in [4.78, 5) is 36.1. The number of ether oxygens (including phenoxy) is 1. The molecule has 2 N–H and O–H groups in total. The Bertz CT molecular complexity index is 847. The lowest BCUT2D eigenvalue weighted by molar-refractivity contribution is -0.138. The molecule has 9 heteroatoms. The highest BCUT2D eigenvalue weighted by Crippen LogP contribution is 2.35. The Kier molecular flexibility index (Phi) is 6.72. The molecule has 2 aromatic rings. The van der Waals surface area contributed by atoms with Crippen LogP contribution in [0.4, 0.5) is 5.82 Å². The van der Waals surface area contributed by atoms with E-state index in [2.05, 4.69) is 15.3 Å². The lowest BCUT2D eigenvalue weighted by Crippen LogP contribution is -2.34. The number of nitrogens with one attached hydrogen (secondary N) is 1. The predicted molar refractivity (Wildman–Crippen MR) is 105 cm³/mol. The second-order valence-electron chi connectivity index (χ2n) is 6.89. The Hall–Kier alpha value is -2.26. The van der Waals surface area contributed by atoms with Crippen molar-refractivity contribution in [3.05, 3.63) is 16.3 Å². The molecule has 0 amide bonds. The van der Waals surface area contributed by atoms with Crippen molar-refractivity contribution in [2.45, 2.75) is 40.3 Å². The third-order valence-electron chi connectivity index (χ3n) is 3.98. The van der Waals surface area contributed by atoms with E-state index >= 15 is 0 Å². The van der Waals surface area contributed by atoms with Gasteiger partial charge in [0, 0.05) is 0 Å². The number of hydrogen-bond acceptors (Lipinski definition) is 8. The Morgan fingerprint density at radius 3 is 2.48 bits per heavy atom. The van der Waals surface area contributed by atoms with Gasteiger partial charge in [0.2, 0.25) is 0 Å². The summed E-state index contributed by atoms with van der Waals surface area (Å²) in [6, 6.07) is -0.805. The quantitative estimate of drug-likeness (QED) is 0.659. The zero-order chi connectivity index (χ0) is 20.3. The minimum Gasteiger partial charge on any atom is -0.480 e. The highest BCUT2D eigenvalue weighted by Gasteiger charge is 2.26. The zero-order valence-electron chi connectivity index (χ0n) is 16.5. The van der Waals surface area contributed by atoms with Crippen molar-refractivity contribution >= 4 is 39.3 Å². The Morgan fingerprint density at radius 2 is 1.96 bits per heavy atom. The van der Waals surface area contributed by atoms with Gasteiger partial charge in [0.15, 0.2) is 0 Å². The summed E-state index contributed by atoms with van der Waals surface area (Å²) in [5, 5.41) is 13.2. The molecule has 27 heavy (non-hydrogen) atoms. The first-order chi connectivity index (χ1) is 12.6. The van der Waals surface area contributed by atoms with Crippen molar-refractivity contribution in [3.63, 3.8) is 0 Å². The number of thiophene rings is 1. The fourth-order valence-corrected chi connectivity index (χ4v) is 3.79. The number of aliphatic carboxylic acids is 1. The van der Waals surface area contributed by atoms with E-state index in [9.17, 15) is 14.7 Å². The summed E-state index contributed by atoms with van der Waals surface area (Å²) in [5.74, 6) is -0.517. The standard InChI is InChI=1S/C18H26N4O4S/c1-7-26-18(25)14-10(4)12-15(21-13(9(2)3)17(23)24)19-11(8-22(5)6)20-16(12)27-14/h9,13H,7-8H2,1-6H3,(H,23,24)(H,19,20,21)/t13-/m0/s1. The number of nitrogens with zero attached hydrogens (tertiary/aromatic N) is 3. The van der Waals surface area contributed by atoms with Crippen LogP contribution in [-0.4, -0.2) is 58.7 Å². The summed E-state index contributed by atoms with van der Waals surface area (Å²) in [5.41, 5.74) is 0.695. The van der Waals surface area contributed by atoms with Crippen molar-refractivity contribution in [1.82, 2.24) is 14.9 Å². The molecule has 2 aromatic heterocycles. The van der Waals surface area contributed by atoms with Crippen molar-refractivity contribution in [3.8, 4) is 0 Å². The number of anilines is 1. The number of esters is 1. The van der Waals surface area contributed by atoms with Gasteiger partial charge in [-0.3, -0.25) is 0 Å². The number of carbonyl (C=O) groups excluding carboxylic acids is 1. The van der Waals surface area contributed by atoms with Crippen molar-refractivity contribution in [2.75, 3.05) is 26.0 Å². The van der Waals surface area contributed by atoms with Gasteiger partial charge in [0.25, 0.3) is 0 Å². The summed E-state index contributed by atoms with van der Waals surface area (Å²) in [6.07, 6.45) is 0. The number of carbonyl (C=O) groups is 2. The third kappa shape index (κ3) is 4.72. The minimum absolute atomic E-state index is 0.145. The van der Waals surface area contributed by atoms with Crippen LogP contribution in [0.2, 0.25) is 0 Å². The molecule has 0 aliphatic rings. The average Bonchev–Trinajstić information content (AvgIpc) is 2.88. The summed E-state index contributed by atoms with van der Waals surface area (Å²) >= 11 is 1.24. The fraction of sp³-hybridized carbons (Fsp3) is 0.556. The van der Waals surface area contributed by atoms with E-state index in [1.807, 2.05) is 32.8 Å². The molecule has 0 saturated heterocycles. The summed E-state index contributed by atoms with van der Waals surface area (Å²) < 4.78 is 5.13. The molecule has 0 spiro atoms. The number of carboxylic acid groups (broad SMARTS) is 1. The maximum atomic E-state index is 12.3. The van der Waals surface area contributed by atoms with Gasteiger partial charge in [0.05, 0.1) is 18.5 Å².